The van der Waals surface area contributed by atoms with Gasteiger partial charge in [0, 0.05) is 13.1 Å². The van der Waals surface area contributed by atoms with Gasteiger partial charge in [0.25, 0.3) is 0 Å². The first-order chi connectivity index (χ1) is 9.65. The molecule has 4 nitrogen and oxygen atoms in total. The van der Waals surface area contributed by atoms with Crippen molar-refractivity contribution >= 4 is 5.96 Å². The second-order valence-corrected chi connectivity index (χ2v) is 5.05. The molecule has 0 fully saturated rings. The van der Waals surface area contributed by atoms with Crippen LogP contribution in [0.15, 0.2) is 29.3 Å². The average Bonchev–Trinajstić information content (AvgIpc) is 2.42. The van der Waals surface area contributed by atoms with E-state index in [9.17, 15) is 0 Å². The summed E-state index contributed by atoms with van der Waals surface area (Å²) in [4.78, 5) is 4.60. The number of benzene rings is 1. The predicted molar refractivity (Wildman–Crippen MR) is 85.3 cm³/mol. The van der Waals surface area contributed by atoms with Crippen molar-refractivity contribution in [2.24, 2.45) is 10.9 Å². The lowest BCUT2D eigenvalue weighted by Gasteiger charge is -2.13. The normalized spacial score (nSPS) is 11.6. The standard InChI is InChI=1S/C16H27N3O/c1-5-17-16(18-11-13(3)4)19-12-14-8-7-9-15(10-14)20-6-2/h7-10,13H,5-6,11-12H2,1-4H3,(H2,17,18,19). The van der Waals surface area contributed by atoms with Gasteiger partial charge in [0.15, 0.2) is 5.96 Å². The fourth-order valence-corrected chi connectivity index (χ4v) is 1.71. The maximum atomic E-state index is 5.50. The first-order valence-corrected chi connectivity index (χ1v) is 7.39. The molecule has 1 rings (SSSR count). The fourth-order valence-electron chi connectivity index (χ4n) is 1.71. The molecular formula is C16H27N3O. The molecular weight excluding hydrogens is 250 g/mol. The molecule has 0 spiro atoms. The van der Waals surface area contributed by atoms with Crippen LogP contribution in [0.4, 0.5) is 0 Å². The van der Waals surface area contributed by atoms with Crippen LogP contribution in [0, 0.1) is 5.92 Å². The predicted octanol–water partition coefficient (Wildman–Crippen LogP) is 2.80. The zero-order valence-corrected chi connectivity index (χ0v) is 13.1. The van der Waals surface area contributed by atoms with E-state index in [-0.39, 0.29) is 0 Å². The van der Waals surface area contributed by atoms with Crippen LogP contribution >= 0.6 is 0 Å². The highest BCUT2D eigenvalue weighted by Gasteiger charge is 2.00. The summed E-state index contributed by atoms with van der Waals surface area (Å²) in [6.45, 7) is 11.5. The molecule has 0 aliphatic heterocycles. The highest BCUT2D eigenvalue weighted by atomic mass is 16.5. The SMILES string of the molecule is CCNC(=NCc1cccc(OCC)c1)NCC(C)C. The first-order valence-electron chi connectivity index (χ1n) is 7.39. The van der Waals surface area contributed by atoms with Crippen molar-refractivity contribution in [1.29, 1.82) is 0 Å². The number of hydrogen-bond donors (Lipinski definition) is 2. The van der Waals surface area contributed by atoms with Gasteiger partial charge in [-0.2, -0.15) is 0 Å². The molecule has 0 saturated carbocycles. The van der Waals surface area contributed by atoms with Crippen LogP contribution in [0.1, 0.15) is 33.3 Å². The number of aliphatic imine (C=N–C) groups is 1. The van der Waals surface area contributed by atoms with Crippen LogP contribution in [-0.4, -0.2) is 25.7 Å². The third kappa shape index (κ3) is 6.45. The van der Waals surface area contributed by atoms with E-state index in [4.69, 9.17) is 4.74 Å². The second kappa shape index (κ2) is 9.23. The minimum atomic E-state index is 0.597. The number of rotatable bonds is 7. The van der Waals surface area contributed by atoms with Crippen molar-refractivity contribution in [1.82, 2.24) is 10.6 Å². The van der Waals surface area contributed by atoms with E-state index in [1.807, 2.05) is 25.1 Å². The average molecular weight is 277 g/mol. The molecule has 2 N–H and O–H groups in total. The van der Waals surface area contributed by atoms with Gasteiger partial charge in [-0.15, -0.1) is 0 Å². The van der Waals surface area contributed by atoms with Crippen molar-refractivity contribution in [2.75, 3.05) is 19.7 Å². The summed E-state index contributed by atoms with van der Waals surface area (Å²) < 4.78 is 5.50. The number of nitrogens with zero attached hydrogens (tertiary/aromatic N) is 1. The Kier molecular flexibility index (Phi) is 7.55. The molecule has 0 aliphatic carbocycles. The van der Waals surface area contributed by atoms with Gasteiger partial charge in [0.2, 0.25) is 0 Å². The smallest absolute Gasteiger partial charge is 0.191 e. The van der Waals surface area contributed by atoms with Gasteiger partial charge in [-0.05, 0) is 37.5 Å². The quantitative estimate of drug-likeness (QED) is 0.595. The molecule has 0 aromatic heterocycles. The van der Waals surface area contributed by atoms with Crippen molar-refractivity contribution in [3.05, 3.63) is 29.8 Å². The van der Waals surface area contributed by atoms with E-state index < -0.39 is 0 Å². The minimum absolute atomic E-state index is 0.597. The zero-order valence-electron chi connectivity index (χ0n) is 13.1. The second-order valence-electron chi connectivity index (χ2n) is 5.05. The monoisotopic (exact) mass is 277 g/mol. The molecule has 112 valence electrons. The summed E-state index contributed by atoms with van der Waals surface area (Å²) in [6, 6.07) is 8.08. The molecule has 20 heavy (non-hydrogen) atoms. The largest absolute Gasteiger partial charge is 0.494 e. The molecule has 0 bridgehead atoms. The Morgan fingerprint density at radius 1 is 1.25 bits per heavy atom. The Balaban J connectivity index is 2.63. The van der Waals surface area contributed by atoms with Crippen molar-refractivity contribution < 1.29 is 4.74 Å². The molecule has 0 unspecified atom stereocenters. The number of nitrogens with one attached hydrogen (secondary N) is 2. The van der Waals surface area contributed by atoms with Crippen LogP contribution < -0.4 is 15.4 Å². The molecule has 1 aromatic rings. The Hall–Kier alpha value is -1.71. The van der Waals surface area contributed by atoms with Gasteiger partial charge in [0.05, 0.1) is 13.2 Å². The molecule has 0 saturated heterocycles. The highest BCUT2D eigenvalue weighted by Crippen LogP contribution is 2.13. The Bertz CT molecular complexity index is 416. The molecule has 0 radical (unpaired) electrons. The van der Waals surface area contributed by atoms with E-state index in [1.165, 1.54) is 0 Å². The summed E-state index contributed by atoms with van der Waals surface area (Å²) in [6.07, 6.45) is 0. The van der Waals surface area contributed by atoms with Crippen molar-refractivity contribution in [3.8, 4) is 5.75 Å². The molecule has 4 heteroatoms. The van der Waals surface area contributed by atoms with Crippen LogP contribution in [0.2, 0.25) is 0 Å². The minimum Gasteiger partial charge on any atom is -0.494 e. The molecule has 0 heterocycles. The van der Waals surface area contributed by atoms with E-state index in [0.717, 1.165) is 30.4 Å². The molecule has 0 atom stereocenters. The topological polar surface area (TPSA) is 45.7 Å². The van der Waals surface area contributed by atoms with Crippen molar-refractivity contribution in [3.63, 3.8) is 0 Å². The Labute approximate surface area is 122 Å². The lowest BCUT2D eigenvalue weighted by molar-refractivity contribution is 0.340. The van der Waals surface area contributed by atoms with Gasteiger partial charge in [-0.3, -0.25) is 0 Å². The Morgan fingerprint density at radius 2 is 2.05 bits per heavy atom. The number of guanidine groups is 1. The van der Waals surface area contributed by atoms with Crippen molar-refractivity contribution in [2.45, 2.75) is 34.2 Å². The molecule has 0 amide bonds. The maximum Gasteiger partial charge on any atom is 0.191 e. The van der Waals surface area contributed by atoms with Gasteiger partial charge >= 0.3 is 0 Å². The zero-order chi connectivity index (χ0) is 14.8. The summed E-state index contributed by atoms with van der Waals surface area (Å²) >= 11 is 0. The van der Waals surface area contributed by atoms with Crippen LogP contribution in [0.25, 0.3) is 0 Å². The summed E-state index contributed by atoms with van der Waals surface area (Å²) in [5, 5.41) is 6.59. The molecule has 1 aromatic carbocycles. The lowest BCUT2D eigenvalue weighted by atomic mass is 10.2. The summed E-state index contributed by atoms with van der Waals surface area (Å²) in [7, 11) is 0. The lowest BCUT2D eigenvalue weighted by Crippen LogP contribution is -2.39. The van der Waals surface area contributed by atoms with E-state index >= 15 is 0 Å². The van der Waals surface area contributed by atoms with Crippen LogP contribution in [0.3, 0.4) is 0 Å². The third-order valence-corrected chi connectivity index (χ3v) is 2.65. The summed E-state index contributed by atoms with van der Waals surface area (Å²) in [5.41, 5.74) is 1.15. The Morgan fingerprint density at radius 3 is 2.70 bits per heavy atom. The highest BCUT2D eigenvalue weighted by molar-refractivity contribution is 5.79. The van der Waals surface area contributed by atoms with Gasteiger partial charge < -0.3 is 15.4 Å². The van der Waals surface area contributed by atoms with E-state index in [0.29, 0.717) is 19.1 Å². The third-order valence-electron chi connectivity index (χ3n) is 2.65. The van der Waals surface area contributed by atoms with Gasteiger partial charge in [-0.1, -0.05) is 26.0 Å². The summed E-state index contributed by atoms with van der Waals surface area (Å²) in [5.74, 6) is 2.36. The van der Waals surface area contributed by atoms with Gasteiger partial charge in [0.1, 0.15) is 5.75 Å². The first kappa shape index (κ1) is 16.3. The van der Waals surface area contributed by atoms with Gasteiger partial charge in [-0.25, -0.2) is 4.99 Å². The van der Waals surface area contributed by atoms with E-state index in [2.05, 4.69) is 42.5 Å². The number of ether oxygens (including phenoxy) is 1. The number of hydrogen-bond acceptors (Lipinski definition) is 2. The molecule has 0 aliphatic rings. The van der Waals surface area contributed by atoms with Crippen LogP contribution in [0.5, 0.6) is 5.75 Å². The van der Waals surface area contributed by atoms with Crippen LogP contribution in [-0.2, 0) is 6.54 Å². The maximum absolute atomic E-state index is 5.50. The van der Waals surface area contributed by atoms with E-state index in [1.54, 1.807) is 0 Å². The fraction of sp³-hybridized carbons (Fsp3) is 0.562.